The molecule has 1 unspecified atom stereocenters. The van der Waals surface area contributed by atoms with Gasteiger partial charge >= 0.3 is 0 Å². The van der Waals surface area contributed by atoms with E-state index in [0.717, 1.165) is 69.0 Å². The topological polar surface area (TPSA) is 74.3 Å². The first-order chi connectivity index (χ1) is 17.5. The number of halogens is 1. The fourth-order valence-electron chi connectivity index (χ4n) is 5.43. The van der Waals surface area contributed by atoms with Gasteiger partial charge in [-0.15, -0.1) is 0 Å². The van der Waals surface area contributed by atoms with Crippen LogP contribution in [0.25, 0.3) is 0 Å². The van der Waals surface area contributed by atoms with Gasteiger partial charge in [0, 0.05) is 24.7 Å². The molecular formula is C28H36ClN3O4. The Bertz CT molecular complexity index is 1030. The Kier molecular flexibility index (Phi) is 8.32. The van der Waals surface area contributed by atoms with E-state index in [1.807, 2.05) is 30.3 Å². The van der Waals surface area contributed by atoms with E-state index >= 15 is 0 Å². The van der Waals surface area contributed by atoms with Gasteiger partial charge in [-0.05, 0) is 80.7 Å². The Morgan fingerprint density at radius 1 is 1.03 bits per heavy atom. The molecule has 0 saturated carbocycles. The molecule has 0 aromatic heterocycles. The van der Waals surface area contributed by atoms with Gasteiger partial charge in [0.2, 0.25) is 5.91 Å². The van der Waals surface area contributed by atoms with Gasteiger partial charge in [-0.3, -0.25) is 4.79 Å². The number of nitrogens with one attached hydrogen (secondary N) is 1. The third-order valence-electron chi connectivity index (χ3n) is 7.54. The van der Waals surface area contributed by atoms with E-state index in [-0.39, 0.29) is 17.9 Å². The number of hydrogen-bond donors (Lipinski definition) is 2. The van der Waals surface area contributed by atoms with Crippen LogP contribution in [0.4, 0.5) is 0 Å². The molecule has 194 valence electrons. The number of fused-ring (bicyclic) bond motifs is 1. The number of carbonyl (C=O) groups excluding carboxylic acids is 1. The number of likely N-dealkylation sites (tertiary alicyclic amines) is 2. The quantitative estimate of drug-likeness (QED) is 0.536. The Morgan fingerprint density at radius 3 is 2.56 bits per heavy atom. The number of nitrogens with zero attached hydrogens (tertiary/aromatic N) is 2. The molecule has 8 heteroatoms. The smallest absolute Gasteiger partial charge is 0.224 e. The minimum Gasteiger partial charge on any atom is -0.486 e. The lowest BCUT2D eigenvalue weighted by Crippen LogP contribution is -2.48. The summed E-state index contributed by atoms with van der Waals surface area (Å²) >= 11 is 5.99. The zero-order valence-corrected chi connectivity index (χ0v) is 21.5. The largest absolute Gasteiger partial charge is 0.486 e. The van der Waals surface area contributed by atoms with E-state index < -0.39 is 6.10 Å². The number of hydrogen-bond acceptors (Lipinski definition) is 6. The molecule has 5 rings (SSSR count). The SMILES string of the molecule is O=C(N[C@H](CN1CCCC1)[C@H](O)c1ccc2c(c1)OCCO2)C1CCN(CCc2ccc(Cl)cc2)C1. The van der Waals surface area contributed by atoms with Gasteiger partial charge < -0.3 is 29.7 Å². The lowest BCUT2D eigenvalue weighted by atomic mass is 9.99. The van der Waals surface area contributed by atoms with Crippen molar-refractivity contribution >= 4 is 17.5 Å². The molecule has 0 spiro atoms. The molecule has 2 N–H and O–H groups in total. The molecule has 0 bridgehead atoms. The first-order valence-electron chi connectivity index (χ1n) is 13.1. The predicted octanol–water partition coefficient (Wildman–Crippen LogP) is 3.29. The number of rotatable bonds is 9. The highest BCUT2D eigenvalue weighted by Crippen LogP contribution is 2.33. The molecular weight excluding hydrogens is 478 g/mol. The summed E-state index contributed by atoms with van der Waals surface area (Å²) in [6.45, 7) is 6.24. The molecule has 0 aliphatic carbocycles. The molecule has 3 atom stereocenters. The van der Waals surface area contributed by atoms with E-state index in [9.17, 15) is 9.90 Å². The molecule has 7 nitrogen and oxygen atoms in total. The molecule has 1 amide bonds. The van der Waals surface area contributed by atoms with Gasteiger partial charge in [-0.25, -0.2) is 0 Å². The average Bonchev–Trinajstić information content (AvgIpc) is 3.60. The van der Waals surface area contributed by atoms with Gasteiger partial charge in [0.25, 0.3) is 0 Å². The molecule has 2 aromatic carbocycles. The summed E-state index contributed by atoms with van der Waals surface area (Å²) in [5, 5.41) is 15.3. The number of aliphatic hydroxyl groups is 1. The van der Waals surface area contributed by atoms with Crippen LogP contribution in [-0.2, 0) is 11.2 Å². The highest BCUT2D eigenvalue weighted by Gasteiger charge is 2.33. The van der Waals surface area contributed by atoms with Crippen molar-refractivity contribution in [1.29, 1.82) is 0 Å². The van der Waals surface area contributed by atoms with Gasteiger partial charge in [0.15, 0.2) is 11.5 Å². The minimum absolute atomic E-state index is 0.0322. The molecule has 3 heterocycles. The maximum atomic E-state index is 13.3. The standard InChI is InChI=1S/C28H36ClN3O4/c29-23-6-3-20(4-7-23)9-13-32-14-10-22(18-32)28(34)30-24(19-31-11-1-2-12-31)27(33)21-5-8-25-26(17-21)36-16-15-35-25/h3-8,17,22,24,27,33H,1-2,9-16,18-19H2,(H,30,34)/t22?,24-,27-/m1/s1. The van der Waals surface area contributed by atoms with E-state index in [4.69, 9.17) is 21.1 Å². The number of aliphatic hydroxyl groups excluding tert-OH is 1. The predicted molar refractivity (Wildman–Crippen MR) is 140 cm³/mol. The van der Waals surface area contributed by atoms with Crippen molar-refractivity contribution in [2.45, 2.75) is 37.8 Å². The lowest BCUT2D eigenvalue weighted by molar-refractivity contribution is -0.126. The molecule has 3 aliphatic rings. The Hall–Kier alpha value is -2.32. The van der Waals surface area contributed by atoms with E-state index in [1.165, 1.54) is 5.56 Å². The van der Waals surface area contributed by atoms with Gasteiger partial charge in [0.05, 0.1) is 12.0 Å². The van der Waals surface area contributed by atoms with Crippen molar-refractivity contribution in [1.82, 2.24) is 15.1 Å². The van der Waals surface area contributed by atoms with Crippen LogP contribution in [0.15, 0.2) is 42.5 Å². The van der Waals surface area contributed by atoms with E-state index in [2.05, 4.69) is 27.2 Å². The fourth-order valence-corrected chi connectivity index (χ4v) is 5.56. The normalized spacial score (nSPS) is 21.9. The van der Waals surface area contributed by atoms with Crippen LogP contribution in [0.5, 0.6) is 11.5 Å². The van der Waals surface area contributed by atoms with Crippen LogP contribution in [0.2, 0.25) is 5.02 Å². The average molecular weight is 514 g/mol. The van der Waals surface area contributed by atoms with Crippen molar-refractivity contribution in [3.05, 3.63) is 58.6 Å². The molecule has 36 heavy (non-hydrogen) atoms. The third-order valence-corrected chi connectivity index (χ3v) is 7.80. The molecule has 3 aliphatic heterocycles. The highest BCUT2D eigenvalue weighted by molar-refractivity contribution is 6.30. The lowest BCUT2D eigenvalue weighted by Gasteiger charge is -2.30. The maximum Gasteiger partial charge on any atom is 0.224 e. The van der Waals surface area contributed by atoms with Crippen LogP contribution >= 0.6 is 11.6 Å². The molecule has 2 fully saturated rings. The van der Waals surface area contributed by atoms with Crippen molar-refractivity contribution in [3.8, 4) is 11.5 Å². The number of ether oxygens (including phenoxy) is 2. The second kappa shape index (κ2) is 11.8. The zero-order chi connectivity index (χ0) is 24.9. The zero-order valence-electron chi connectivity index (χ0n) is 20.7. The van der Waals surface area contributed by atoms with Gasteiger partial charge in [-0.2, -0.15) is 0 Å². The van der Waals surface area contributed by atoms with Crippen LogP contribution in [0, 0.1) is 5.92 Å². The van der Waals surface area contributed by atoms with E-state index in [1.54, 1.807) is 0 Å². The third kappa shape index (κ3) is 6.32. The summed E-state index contributed by atoms with van der Waals surface area (Å²) in [6, 6.07) is 13.1. The molecule has 2 saturated heterocycles. The second-order valence-corrected chi connectivity index (χ2v) is 10.6. The fraction of sp³-hybridized carbons (Fsp3) is 0.536. The van der Waals surface area contributed by atoms with Crippen LogP contribution in [0.3, 0.4) is 0 Å². The number of amides is 1. The Morgan fingerprint density at radius 2 is 1.78 bits per heavy atom. The van der Waals surface area contributed by atoms with Crippen LogP contribution in [0.1, 0.15) is 36.5 Å². The van der Waals surface area contributed by atoms with Gasteiger partial charge in [-0.1, -0.05) is 29.8 Å². The summed E-state index contributed by atoms with van der Waals surface area (Å²) in [6.07, 6.45) is 3.26. The first-order valence-corrected chi connectivity index (χ1v) is 13.5. The molecule has 2 aromatic rings. The summed E-state index contributed by atoms with van der Waals surface area (Å²) < 4.78 is 11.3. The number of benzene rings is 2. The van der Waals surface area contributed by atoms with Gasteiger partial charge in [0.1, 0.15) is 19.3 Å². The minimum atomic E-state index is -0.826. The summed E-state index contributed by atoms with van der Waals surface area (Å²) in [7, 11) is 0. The van der Waals surface area contributed by atoms with Crippen LogP contribution < -0.4 is 14.8 Å². The summed E-state index contributed by atoms with van der Waals surface area (Å²) in [5.41, 5.74) is 1.99. The van der Waals surface area contributed by atoms with Crippen molar-refractivity contribution in [2.75, 3.05) is 52.5 Å². The van der Waals surface area contributed by atoms with Crippen molar-refractivity contribution < 1.29 is 19.4 Å². The Balaban J connectivity index is 1.20. The van der Waals surface area contributed by atoms with Crippen molar-refractivity contribution in [3.63, 3.8) is 0 Å². The van der Waals surface area contributed by atoms with E-state index in [0.29, 0.717) is 31.3 Å². The van der Waals surface area contributed by atoms with Crippen molar-refractivity contribution in [2.24, 2.45) is 5.92 Å². The summed E-state index contributed by atoms with van der Waals surface area (Å²) in [4.78, 5) is 18.0. The molecule has 0 radical (unpaired) electrons. The highest BCUT2D eigenvalue weighted by atomic mass is 35.5. The van der Waals surface area contributed by atoms with Crippen LogP contribution in [-0.4, -0.2) is 79.3 Å². The second-order valence-electron chi connectivity index (χ2n) is 10.1. The Labute approximate surface area is 218 Å². The maximum absolute atomic E-state index is 13.3. The number of carbonyl (C=O) groups is 1. The monoisotopic (exact) mass is 513 g/mol. The first kappa shape index (κ1) is 25.3. The summed E-state index contributed by atoms with van der Waals surface area (Å²) in [5.74, 6) is 1.31.